The fourth-order valence-corrected chi connectivity index (χ4v) is 1.68. The van der Waals surface area contributed by atoms with Crippen molar-refractivity contribution in [2.24, 2.45) is 0 Å². The Balaban J connectivity index is 2.01. The lowest BCUT2D eigenvalue weighted by Gasteiger charge is -2.07. The SMILES string of the molecule is CCCCNc1nccc(C(=O)Nc2ccc(F)cc2)n1. The second-order valence-electron chi connectivity index (χ2n) is 4.51. The zero-order valence-electron chi connectivity index (χ0n) is 11.8. The lowest BCUT2D eigenvalue weighted by molar-refractivity contribution is 0.102. The van der Waals surface area contributed by atoms with Gasteiger partial charge in [0.1, 0.15) is 11.5 Å². The Kier molecular flexibility index (Phi) is 5.20. The Morgan fingerprint density at radius 1 is 1.24 bits per heavy atom. The molecule has 0 aliphatic heterocycles. The summed E-state index contributed by atoms with van der Waals surface area (Å²) in [5, 5.41) is 5.72. The van der Waals surface area contributed by atoms with Gasteiger partial charge in [0.25, 0.3) is 5.91 Å². The number of benzene rings is 1. The van der Waals surface area contributed by atoms with Crippen molar-refractivity contribution in [3.8, 4) is 0 Å². The molecule has 21 heavy (non-hydrogen) atoms. The van der Waals surface area contributed by atoms with Crippen LogP contribution >= 0.6 is 0 Å². The Hall–Kier alpha value is -2.50. The molecule has 110 valence electrons. The topological polar surface area (TPSA) is 66.9 Å². The van der Waals surface area contributed by atoms with Gasteiger partial charge in [-0.1, -0.05) is 13.3 Å². The number of rotatable bonds is 6. The minimum atomic E-state index is -0.359. The first-order chi connectivity index (χ1) is 10.2. The highest BCUT2D eigenvalue weighted by Gasteiger charge is 2.09. The maximum absolute atomic E-state index is 12.8. The number of hydrogen-bond donors (Lipinski definition) is 2. The molecule has 1 amide bonds. The van der Waals surface area contributed by atoms with E-state index in [9.17, 15) is 9.18 Å². The number of nitrogens with one attached hydrogen (secondary N) is 2. The summed E-state index contributed by atoms with van der Waals surface area (Å²) >= 11 is 0. The van der Waals surface area contributed by atoms with Crippen molar-refractivity contribution in [1.29, 1.82) is 0 Å². The molecule has 2 N–H and O–H groups in total. The standard InChI is InChI=1S/C15H17FN4O/c1-2-3-9-17-15-18-10-8-13(20-15)14(21)19-12-6-4-11(16)5-7-12/h4-8,10H,2-3,9H2,1H3,(H,19,21)(H,17,18,20). The lowest BCUT2D eigenvalue weighted by atomic mass is 10.3. The van der Waals surface area contributed by atoms with Gasteiger partial charge >= 0.3 is 0 Å². The molecule has 1 heterocycles. The molecule has 0 unspecified atom stereocenters. The Labute approximate surface area is 122 Å². The maximum atomic E-state index is 12.8. The van der Waals surface area contributed by atoms with Gasteiger partial charge in [-0.25, -0.2) is 14.4 Å². The van der Waals surface area contributed by atoms with Gasteiger partial charge in [0.2, 0.25) is 5.95 Å². The summed E-state index contributed by atoms with van der Waals surface area (Å²) in [5.41, 5.74) is 0.772. The minimum absolute atomic E-state index is 0.258. The van der Waals surface area contributed by atoms with Gasteiger partial charge in [-0.3, -0.25) is 4.79 Å². The van der Waals surface area contributed by atoms with E-state index in [0.29, 0.717) is 11.6 Å². The molecule has 0 atom stereocenters. The molecule has 0 saturated carbocycles. The zero-order valence-corrected chi connectivity index (χ0v) is 11.8. The van der Waals surface area contributed by atoms with E-state index in [1.54, 1.807) is 0 Å². The number of halogens is 1. The Morgan fingerprint density at radius 3 is 2.71 bits per heavy atom. The molecule has 1 aromatic carbocycles. The first-order valence-corrected chi connectivity index (χ1v) is 6.83. The Bertz CT molecular complexity index is 601. The third kappa shape index (κ3) is 4.52. The number of aromatic nitrogens is 2. The van der Waals surface area contributed by atoms with E-state index < -0.39 is 0 Å². The van der Waals surface area contributed by atoms with E-state index in [-0.39, 0.29) is 17.4 Å². The van der Waals surface area contributed by atoms with E-state index in [0.717, 1.165) is 19.4 Å². The van der Waals surface area contributed by atoms with E-state index in [4.69, 9.17) is 0 Å². The summed E-state index contributed by atoms with van der Waals surface area (Å²) in [7, 11) is 0. The number of anilines is 2. The van der Waals surface area contributed by atoms with E-state index in [2.05, 4.69) is 27.5 Å². The van der Waals surface area contributed by atoms with Gasteiger partial charge in [0.05, 0.1) is 0 Å². The molecule has 6 heteroatoms. The predicted molar refractivity (Wildman–Crippen MR) is 79.8 cm³/mol. The summed E-state index contributed by atoms with van der Waals surface area (Å²) in [5.74, 6) is -0.282. The molecule has 5 nitrogen and oxygen atoms in total. The molecule has 0 saturated heterocycles. The van der Waals surface area contributed by atoms with Crippen LogP contribution in [0.5, 0.6) is 0 Å². The minimum Gasteiger partial charge on any atom is -0.354 e. The fraction of sp³-hybridized carbons (Fsp3) is 0.267. The lowest BCUT2D eigenvalue weighted by Crippen LogP contribution is -2.15. The first kappa shape index (κ1) is 14.9. The first-order valence-electron chi connectivity index (χ1n) is 6.83. The van der Waals surface area contributed by atoms with Crippen LogP contribution in [-0.4, -0.2) is 22.4 Å². The van der Waals surface area contributed by atoms with E-state index in [1.165, 1.54) is 36.5 Å². The van der Waals surface area contributed by atoms with Crippen molar-refractivity contribution in [3.05, 3.63) is 48.0 Å². The van der Waals surface area contributed by atoms with Gasteiger partial charge in [-0.05, 0) is 36.8 Å². The number of hydrogen-bond acceptors (Lipinski definition) is 4. The second-order valence-corrected chi connectivity index (χ2v) is 4.51. The predicted octanol–water partition coefficient (Wildman–Crippen LogP) is 3.08. The van der Waals surface area contributed by atoms with Crippen molar-refractivity contribution >= 4 is 17.5 Å². The highest BCUT2D eigenvalue weighted by molar-refractivity contribution is 6.02. The van der Waals surface area contributed by atoms with E-state index in [1.807, 2.05) is 0 Å². The largest absolute Gasteiger partial charge is 0.354 e. The van der Waals surface area contributed by atoms with Gasteiger partial charge < -0.3 is 10.6 Å². The average molecular weight is 288 g/mol. The van der Waals surface area contributed by atoms with Crippen LogP contribution in [-0.2, 0) is 0 Å². The van der Waals surface area contributed by atoms with Crippen molar-refractivity contribution in [1.82, 2.24) is 9.97 Å². The second kappa shape index (κ2) is 7.33. The highest BCUT2D eigenvalue weighted by atomic mass is 19.1. The smallest absolute Gasteiger partial charge is 0.274 e. The number of amides is 1. The molecular formula is C15H17FN4O. The monoisotopic (exact) mass is 288 g/mol. The molecule has 0 aliphatic rings. The molecule has 1 aromatic heterocycles. The molecule has 0 aliphatic carbocycles. The zero-order chi connectivity index (χ0) is 15.1. The van der Waals surface area contributed by atoms with Gasteiger partial charge in [-0.2, -0.15) is 0 Å². The summed E-state index contributed by atoms with van der Waals surface area (Å²) < 4.78 is 12.8. The van der Waals surface area contributed by atoms with Crippen molar-refractivity contribution in [2.45, 2.75) is 19.8 Å². The average Bonchev–Trinajstić information content (AvgIpc) is 2.50. The number of carbonyl (C=O) groups excluding carboxylic acids is 1. The summed E-state index contributed by atoms with van der Waals surface area (Å²) in [6.07, 6.45) is 3.61. The highest BCUT2D eigenvalue weighted by Crippen LogP contribution is 2.10. The third-order valence-corrected chi connectivity index (χ3v) is 2.80. The molecule has 2 rings (SSSR count). The Morgan fingerprint density at radius 2 is 2.00 bits per heavy atom. The van der Waals surface area contributed by atoms with E-state index >= 15 is 0 Å². The third-order valence-electron chi connectivity index (χ3n) is 2.80. The normalized spacial score (nSPS) is 10.2. The van der Waals surface area contributed by atoms with Gasteiger partial charge in [0, 0.05) is 18.4 Å². The van der Waals surface area contributed by atoms with Crippen LogP contribution < -0.4 is 10.6 Å². The molecule has 2 aromatic rings. The molecular weight excluding hydrogens is 271 g/mol. The van der Waals surface area contributed by atoms with Crippen LogP contribution in [0, 0.1) is 5.82 Å². The van der Waals surface area contributed by atoms with Crippen molar-refractivity contribution in [3.63, 3.8) is 0 Å². The van der Waals surface area contributed by atoms with Gasteiger partial charge in [0.15, 0.2) is 0 Å². The van der Waals surface area contributed by atoms with Crippen molar-refractivity contribution < 1.29 is 9.18 Å². The van der Waals surface area contributed by atoms with Gasteiger partial charge in [-0.15, -0.1) is 0 Å². The number of carbonyl (C=O) groups is 1. The van der Waals surface area contributed by atoms with Crippen LogP contribution in [0.4, 0.5) is 16.0 Å². The molecule has 0 fully saturated rings. The summed E-state index contributed by atoms with van der Waals surface area (Å²) in [4.78, 5) is 20.3. The fourth-order valence-electron chi connectivity index (χ4n) is 1.68. The summed E-state index contributed by atoms with van der Waals surface area (Å²) in [6.45, 7) is 2.86. The molecule has 0 bridgehead atoms. The van der Waals surface area contributed by atoms with Crippen LogP contribution in [0.1, 0.15) is 30.3 Å². The maximum Gasteiger partial charge on any atom is 0.274 e. The summed E-state index contributed by atoms with van der Waals surface area (Å²) in [6, 6.07) is 7.09. The number of unbranched alkanes of at least 4 members (excludes halogenated alkanes) is 1. The number of nitrogens with zero attached hydrogens (tertiary/aromatic N) is 2. The van der Waals surface area contributed by atoms with Crippen LogP contribution in [0.3, 0.4) is 0 Å². The van der Waals surface area contributed by atoms with Crippen LogP contribution in [0.15, 0.2) is 36.5 Å². The quantitative estimate of drug-likeness (QED) is 0.802. The van der Waals surface area contributed by atoms with Crippen LogP contribution in [0.2, 0.25) is 0 Å². The molecule has 0 spiro atoms. The van der Waals surface area contributed by atoms with Crippen molar-refractivity contribution in [2.75, 3.05) is 17.2 Å². The molecule has 0 radical (unpaired) electrons. The van der Waals surface area contributed by atoms with Crippen LogP contribution in [0.25, 0.3) is 0 Å².